The van der Waals surface area contributed by atoms with E-state index in [1.54, 1.807) is 17.0 Å². The van der Waals surface area contributed by atoms with Crippen LogP contribution in [0.4, 0.5) is 5.69 Å². The number of rotatable bonds is 4. The molecule has 1 saturated heterocycles. The summed E-state index contributed by atoms with van der Waals surface area (Å²) in [7, 11) is 2.02. The lowest BCUT2D eigenvalue weighted by molar-refractivity contribution is -0.134. The third-order valence-corrected chi connectivity index (χ3v) is 3.48. The van der Waals surface area contributed by atoms with Gasteiger partial charge in [0.05, 0.1) is 5.56 Å². The molecule has 0 radical (unpaired) electrons. The fourth-order valence-electron chi connectivity index (χ4n) is 2.15. The average Bonchev–Trinajstić information content (AvgIpc) is 2.46. The Kier molecular flexibility index (Phi) is 4.64. The van der Waals surface area contributed by atoms with Gasteiger partial charge in [-0.3, -0.25) is 9.59 Å². The van der Waals surface area contributed by atoms with Crippen LogP contribution < -0.4 is 16.2 Å². The van der Waals surface area contributed by atoms with Gasteiger partial charge in [0.15, 0.2) is 6.61 Å². The Morgan fingerprint density at radius 1 is 1.24 bits per heavy atom. The van der Waals surface area contributed by atoms with Gasteiger partial charge in [-0.25, -0.2) is 0 Å². The Morgan fingerprint density at radius 2 is 1.90 bits per heavy atom. The van der Waals surface area contributed by atoms with Gasteiger partial charge in [0.1, 0.15) is 5.75 Å². The van der Waals surface area contributed by atoms with Gasteiger partial charge < -0.3 is 26.0 Å². The number of nitrogen functional groups attached to an aromatic ring is 1. The summed E-state index contributed by atoms with van der Waals surface area (Å²) in [5.41, 5.74) is 11.5. The minimum atomic E-state index is -0.635. The number of anilines is 1. The summed E-state index contributed by atoms with van der Waals surface area (Å²) in [5, 5.41) is 0. The summed E-state index contributed by atoms with van der Waals surface area (Å²) < 4.78 is 5.43. The standard InChI is InChI=1S/C14H20N4O3/c1-17-4-6-18(7-5-17)13(19)9-21-12-3-2-10(15)8-11(12)14(16)20/h2-3,8H,4-7,9,15H2,1H3,(H2,16,20). The van der Waals surface area contributed by atoms with Gasteiger partial charge in [-0.1, -0.05) is 0 Å². The Bertz CT molecular complexity index is 539. The van der Waals surface area contributed by atoms with E-state index in [2.05, 4.69) is 4.90 Å². The Hall–Kier alpha value is -2.28. The second kappa shape index (κ2) is 6.45. The maximum Gasteiger partial charge on any atom is 0.260 e. The molecule has 0 aliphatic carbocycles. The zero-order chi connectivity index (χ0) is 15.4. The number of hydrogen-bond acceptors (Lipinski definition) is 5. The fraction of sp³-hybridized carbons (Fsp3) is 0.429. The topological polar surface area (TPSA) is 102 Å². The van der Waals surface area contributed by atoms with Crippen LogP contribution in [0.5, 0.6) is 5.75 Å². The molecule has 0 atom stereocenters. The number of likely N-dealkylation sites (N-methyl/N-ethyl adjacent to an activating group) is 1. The van der Waals surface area contributed by atoms with Crippen molar-refractivity contribution in [1.29, 1.82) is 0 Å². The maximum absolute atomic E-state index is 12.1. The van der Waals surface area contributed by atoms with Crippen molar-refractivity contribution >= 4 is 17.5 Å². The van der Waals surface area contributed by atoms with Gasteiger partial charge in [0, 0.05) is 31.9 Å². The first-order valence-corrected chi connectivity index (χ1v) is 6.76. The van der Waals surface area contributed by atoms with Crippen LogP contribution in [-0.4, -0.2) is 61.4 Å². The summed E-state index contributed by atoms with van der Waals surface area (Å²) >= 11 is 0. The first-order valence-electron chi connectivity index (χ1n) is 6.76. The summed E-state index contributed by atoms with van der Waals surface area (Å²) in [6, 6.07) is 4.59. The molecule has 1 aromatic rings. The molecule has 4 N–H and O–H groups in total. The lowest BCUT2D eigenvalue weighted by Crippen LogP contribution is -2.48. The molecular formula is C14H20N4O3. The molecule has 0 aromatic heterocycles. The number of nitrogens with two attached hydrogens (primary N) is 2. The number of amides is 2. The molecular weight excluding hydrogens is 272 g/mol. The van der Waals surface area contributed by atoms with Crippen molar-refractivity contribution < 1.29 is 14.3 Å². The van der Waals surface area contributed by atoms with Crippen molar-refractivity contribution in [1.82, 2.24) is 9.80 Å². The van der Waals surface area contributed by atoms with Gasteiger partial charge in [-0.05, 0) is 25.2 Å². The number of piperazine rings is 1. The quantitative estimate of drug-likeness (QED) is 0.730. The summed E-state index contributed by atoms with van der Waals surface area (Å²) in [5.74, 6) is -0.459. The second-order valence-corrected chi connectivity index (χ2v) is 5.09. The largest absolute Gasteiger partial charge is 0.483 e. The highest BCUT2D eigenvalue weighted by Gasteiger charge is 2.20. The zero-order valence-electron chi connectivity index (χ0n) is 12.0. The van der Waals surface area contributed by atoms with Gasteiger partial charge in [0.2, 0.25) is 0 Å². The van der Waals surface area contributed by atoms with E-state index in [1.807, 2.05) is 7.05 Å². The second-order valence-electron chi connectivity index (χ2n) is 5.09. The Morgan fingerprint density at radius 3 is 2.52 bits per heavy atom. The molecule has 0 unspecified atom stereocenters. The highest BCUT2D eigenvalue weighted by Crippen LogP contribution is 2.21. The average molecular weight is 292 g/mol. The molecule has 1 heterocycles. The molecule has 114 valence electrons. The highest BCUT2D eigenvalue weighted by molar-refractivity contribution is 5.96. The fourth-order valence-corrected chi connectivity index (χ4v) is 2.15. The molecule has 1 fully saturated rings. The molecule has 1 aliphatic rings. The third-order valence-electron chi connectivity index (χ3n) is 3.48. The minimum absolute atomic E-state index is 0.102. The van der Waals surface area contributed by atoms with Crippen LogP contribution in [0.1, 0.15) is 10.4 Å². The molecule has 2 amide bonds. The summed E-state index contributed by atoms with van der Waals surface area (Å²) in [4.78, 5) is 27.3. The smallest absolute Gasteiger partial charge is 0.260 e. The zero-order valence-corrected chi connectivity index (χ0v) is 12.0. The highest BCUT2D eigenvalue weighted by atomic mass is 16.5. The van der Waals surface area contributed by atoms with E-state index in [4.69, 9.17) is 16.2 Å². The molecule has 7 nitrogen and oxygen atoms in total. The monoisotopic (exact) mass is 292 g/mol. The molecule has 1 aliphatic heterocycles. The summed E-state index contributed by atoms with van der Waals surface area (Å²) in [6.45, 7) is 2.94. The first-order chi connectivity index (χ1) is 9.97. The molecule has 7 heteroatoms. The molecule has 1 aromatic carbocycles. The van der Waals surface area contributed by atoms with Crippen LogP contribution in [0.3, 0.4) is 0 Å². The predicted molar refractivity (Wildman–Crippen MR) is 78.9 cm³/mol. The minimum Gasteiger partial charge on any atom is -0.483 e. The van der Waals surface area contributed by atoms with Crippen LogP contribution in [0.25, 0.3) is 0 Å². The van der Waals surface area contributed by atoms with Crippen molar-refractivity contribution in [2.75, 3.05) is 45.6 Å². The van der Waals surface area contributed by atoms with E-state index in [1.165, 1.54) is 6.07 Å². The van der Waals surface area contributed by atoms with Crippen LogP contribution in [0.2, 0.25) is 0 Å². The van der Waals surface area contributed by atoms with Gasteiger partial charge in [-0.15, -0.1) is 0 Å². The predicted octanol–water partition coefficient (Wildman–Crippen LogP) is -0.479. The number of hydrogen-bond donors (Lipinski definition) is 2. The van der Waals surface area contributed by atoms with Crippen molar-refractivity contribution in [3.05, 3.63) is 23.8 Å². The maximum atomic E-state index is 12.1. The van der Waals surface area contributed by atoms with E-state index in [9.17, 15) is 9.59 Å². The van der Waals surface area contributed by atoms with Crippen LogP contribution in [0.15, 0.2) is 18.2 Å². The van der Waals surface area contributed by atoms with E-state index in [0.717, 1.165) is 13.1 Å². The number of primary amides is 1. The van der Waals surface area contributed by atoms with E-state index in [-0.39, 0.29) is 23.8 Å². The summed E-state index contributed by atoms with van der Waals surface area (Å²) in [6.07, 6.45) is 0. The van der Waals surface area contributed by atoms with Crippen molar-refractivity contribution in [2.24, 2.45) is 5.73 Å². The number of carbonyl (C=O) groups is 2. The Balaban J connectivity index is 1.96. The van der Waals surface area contributed by atoms with Gasteiger partial charge >= 0.3 is 0 Å². The molecule has 0 spiro atoms. The lowest BCUT2D eigenvalue weighted by Gasteiger charge is -2.32. The third kappa shape index (κ3) is 3.85. The molecule has 0 bridgehead atoms. The normalized spacial score (nSPS) is 15.8. The van der Waals surface area contributed by atoms with Gasteiger partial charge in [0.25, 0.3) is 11.8 Å². The van der Waals surface area contributed by atoms with Crippen molar-refractivity contribution in [2.45, 2.75) is 0 Å². The van der Waals surface area contributed by atoms with Crippen LogP contribution in [-0.2, 0) is 4.79 Å². The SMILES string of the molecule is CN1CCN(C(=O)COc2ccc(N)cc2C(N)=O)CC1. The molecule has 0 saturated carbocycles. The Labute approximate surface area is 123 Å². The van der Waals surface area contributed by atoms with Crippen molar-refractivity contribution in [3.8, 4) is 5.75 Å². The van der Waals surface area contributed by atoms with E-state index >= 15 is 0 Å². The number of benzene rings is 1. The molecule has 2 rings (SSSR count). The lowest BCUT2D eigenvalue weighted by atomic mass is 10.1. The van der Waals surface area contributed by atoms with Crippen LogP contribution in [0, 0.1) is 0 Å². The number of nitrogens with zero attached hydrogens (tertiary/aromatic N) is 2. The molecule has 21 heavy (non-hydrogen) atoms. The number of ether oxygens (including phenoxy) is 1. The first kappa shape index (κ1) is 15.1. The van der Waals surface area contributed by atoms with E-state index < -0.39 is 5.91 Å². The van der Waals surface area contributed by atoms with Crippen LogP contribution >= 0.6 is 0 Å². The van der Waals surface area contributed by atoms with Gasteiger partial charge in [-0.2, -0.15) is 0 Å². The van der Waals surface area contributed by atoms with E-state index in [0.29, 0.717) is 18.8 Å². The number of carbonyl (C=O) groups excluding carboxylic acids is 2. The van der Waals surface area contributed by atoms with Crippen molar-refractivity contribution in [3.63, 3.8) is 0 Å².